The van der Waals surface area contributed by atoms with Crippen LogP contribution >= 0.6 is 0 Å². The zero-order valence-corrected chi connectivity index (χ0v) is 25.3. The molecule has 0 unspecified atom stereocenters. The van der Waals surface area contributed by atoms with E-state index in [1.165, 1.54) is 43.1 Å². The van der Waals surface area contributed by atoms with E-state index in [0.29, 0.717) is 48.3 Å². The lowest BCUT2D eigenvalue weighted by Gasteiger charge is -2.35. The summed E-state index contributed by atoms with van der Waals surface area (Å²) in [5.74, 6) is -1.53. The molecule has 1 saturated carbocycles. The second-order valence-electron chi connectivity index (χ2n) is 11.8. The molecular weight excluding hydrogens is 609 g/mol. The molecule has 4 amide bonds. The number of anilines is 1. The Labute approximate surface area is 256 Å². The van der Waals surface area contributed by atoms with Gasteiger partial charge in [0.1, 0.15) is 5.82 Å². The number of urea groups is 1. The monoisotopic (exact) mass is 644 g/mol. The molecule has 1 aliphatic heterocycles. The van der Waals surface area contributed by atoms with Gasteiger partial charge in [-0.05, 0) is 61.6 Å². The summed E-state index contributed by atoms with van der Waals surface area (Å²) in [7, 11) is 4.17. The zero-order chi connectivity index (χ0) is 33.4. The first kappa shape index (κ1) is 34.0. The predicted octanol–water partition coefficient (Wildman–Crippen LogP) is 6.38. The van der Waals surface area contributed by atoms with Crippen LogP contribution < -0.4 is 4.90 Å². The second-order valence-corrected chi connectivity index (χ2v) is 11.8. The van der Waals surface area contributed by atoms with Crippen LogP contribution in [0, 0.1) is 11.7 Å². The van der Waals surface area contributed by atoms with Crippen LogP contribution in [0.5, 0.6) is 0 Å². The summed E-state index contributed by atoms with van der Waals surface area (Å²) in [5, 5.41) is 0. The summed E-state index contributed by atoms with van der Waals surface area (Å²) in [6, 6.07) is 4.87. The predicted molar refractivity (Wildman–Crippen MR) is 152 cm³/mol. The number of likely N-dealkylation sites (tertiary alicyclic amines) is 1. The van der Waals surface area contributed by atoms with E-state index >= 15 is 0 Å². The maximum Gasteiger partial charge on any atom is 0.416 e. The third-order valence-corrected chi connectivity index (χ3v) is 9.04. The third-order valence-electron chi connectivity index (χ3n) is 9.04. The van der Waals surface area contributed by atoms with Crippen molar-refractivity contribution in [3.8, 4) is 0 Å². The summed E-state index contributed by atoms with van der Waals surface area (Å²) < 4.78 is 94.6. The van der Waals surface area contributed by atoms with Crippen molar-refractivity contribution < 1.29 is 45.1 Å². The molecule has 4 rings (SSSR count). The van der Waals surface area contributed by atoms with Crippen LogP contribution in [0.15, 0.2) is 42.5 Å². The Morgan fingerprint density at radius 3 is 1.80 bits per heavy atom. The number of amides is 4. The van der Waals surface area contributed by atoms with Crippen LogP contribution in [0.4, 0.5) is 41.2 Å². The largest absolute Gasteiger partial charge is 0.416 e. The Balaban J connectivity index is 1.58. The number of hydrogen-bond acceptors (Lipinski definition) is 3. The highest BCUT2D eigenvalue weighted by Gasteiger charge is 2.43. The second kappa shape index (κ2) is 12.9. The first-order valence-corrected chi connectivity index (χ1v) is 14.5. The molecule has 2 aromatic rings. The maximum absolute atomic E-state index is 13.7. The molecule has 1 saturated heterocycles. The summed E-state index contributed by atoms with van der Waals surface area (Å²) in [5.41, 5.74) is -3.10. The van der Waals surface area contributed by atoms with E-state index in [4.69, 9.17) is 0 Å². The number of likely N-dealkylation sites (N-methyl/N-ethyl adjacent to an activating group) is 1. The van der Waals surface area contributed by atoms with Crippen LogP contribution in [0.1, 0.15) is 55.2 Å². The van der Waals surface area contributed by atoms with Crippen LogP contribution in [-0.2, 0) is 21.9 Å². The third kappa shape index (κ3) is 7.52. The van der Waals surface area contributed by atoms with Crippen molar-refractivity contribution in [3.05, 3.63) is 65.0 Å². The van der Waals surface area contributed by atoms with Crippen molar-refractivity contribution >= 4 is 23.5 Å². The highest BCUT2D eigenvalue weighted by Crippen LogP contribution is 2.39. The smallest absolute Gasteiger partial charge is 0.343 e. The van der Waals surface area contributed by atoms with Gasteiger partial charge in [-0.15, -0.1) is 0 Å². The lowest BCUT2D eigenvalue weighted by Crippen LogP contribution is -2.48. The normalized spacial score (nSPS) is 22.2. The Hall–Kier alpha value is -3.84. The van der Waals surface area contributed by atoms with Crippen molar-refractivity contribution in [2.75, 3.05) is 39.1 Å². The number of halogens is 7. The van der Waals surface area contributed by atoms with Crippen LogP contribution in [0.2, 0.25) is 0 Å². The molecule has 0 bridgehead atoms. The van der Waals surface area contributed by atoms with Crippen LogP contribution in [0.25, 0.3) is 0 Å². The highest BCUT2D eigenvalue weighted by atomic mass is 19.4. The standard InChI is InChI=1S/C31H35F7N4O3/c1-18(43)39(2)24-11-7-20(8-12-24)28(44)42-16-26(19-5-9-23(32)10-6-19)27(17-42)41(4)29(45)40(3)25-14-21(30(33,34)35)13-22(15-25)31(36,37)38/h5-6,9-10,13-15,20,24,26-27H,7-8,11-12,16-17H2,1-4H3/t20-,24-,26-,27+/m0/s1. The van der Waals surface area contributed by atoms with Crippen molar-refractivity contribution in [2.24, 2.45) is 5.92 Å². The minimum absolute atomic E-state index is 0.0117. The first-order valence-electron chi connectivity index (χ1n) is 14.5. The van der Waals surface area contributed by atoms with Gasteiger partial charge in [-0.2, -0.15) is 26.3 Å². The Bertz CT molecular complexity index is 1370. The minimum atomic E-state index is -5.09. The number of nitrogens with zero attached hydrogens (tertiary/aromatic N) is 4. The van der Waals surface area contributed by atoms with Gasteiger partial charge < -0.3 is 14.7 Å². The molecule has 14 heteroatoms. The van der Waals surface area contributed by atoms with Gasteiger partial charge in [-0.3, -0.25) is 14.5 Å². The van der Waals surface area contributed by atoms with Crippen LogP contribution in [0.3, 0.4) is 0 Å². The van der Waals surface area contributed by atoms with E-state index in [0.717, 1.165) is 7.05 Å². The molecule has 2 aliphatic rings. The molecule has 246 valence electrons. The van der Waals surface area contributed by atoms with E-state index in [9.17, 15) is 45.1 Å². The topological polar surface area (TPSA) is 64.2 Å². The lowest BCUT2D eigenvalue weighted by atomic mass is 9.84. The summed E-state index contributed by atoms with van der Waals surface area (Å²) in [4.78, 5) is 44.2. The van der Waals surface area contributed by atoms with Gasteiger partial charge in [0.2, 0.25) is 11.8 Å². The molecule has 0 radical (unpaired) electrons. The zero-order valence-electron chi connectivity index (χ0n) is 25.3. The van der Waals surface area contributed by atoms with Gasteiger partial charge in [0.05, 0.1) is 17.2 Å². The number of rotatable bonds is 5. The Kier molecular flexibility index (Phi) is 9.74. The molecule has 45 heavy (non-hydrogen) atoms. The quantitative estimate of drug-likeness (QED) is 0.355. The van der Waals surface area contributed by atoms with Gasteiger partial charge in [0, 0.05) is 64.7 Å². The first-order chi connectivity index (χ1) is 20.9. The molecule has 2 fully saturated rings. The number of carbonyl (C=O) groups excluding carboxylic acids is 3. The number of hydrogen-bond donors (Lipinski definition) is 0. The van der Waals surface area contributed by atoms with E-state index in [1.807, 2.05) is 0 Å². The van der Waals surface area contributed by atoms with E-state index in [-0.39, 0.29) is 42.9 Å². The summed E-state index contributed by atoms with van der Waals surface area (Å²) in [6.07, 6.45) is -7.79. The Morgan fingerprint density at radius 1 is 0.778 bits per heavy atom. The molecule has 0 spiro atoms. The van der Waals surface area contributed by atoms with E-state index in [1.54, 1.807) is 16.8 Å². The fraction of sp³-hybridized carbons (Fsp3) is 0.516. The number of benzene rings is 2. The molecule has 1 heterocycles. The molecular formula is C31H35F7N4O3. The molecule has 2 aromatic carbocycles. The average Bonchev–Trinajstić information content (AvgIpc) is 3.44. The average molecular weight is 645 g/mol. The summed E-state index contributed by atoms with van der Waals surface area (Å²) in [6.45, 7) is 1.71. The fourth-order valence-corrected chi connectivity index (χ4v) is 6.24. The van der Waals surface area contributed by atoms with Gasteiger partial charge in [0.25, 0.3) is 0 Å². The van der Waals surface area contributed by atoms with Crippen molar-refractivity contribution in [3.63, 3.8) is 0 Å². The molecule has 0 aromatic heterocycles. The number of carbonyl (C=O) groups is 3. The van der Waals surface area contributed by atoms with Gasteiger partial charge >= 0.3 is 18.4 Å². The maximum atomic E-state index is 13.7. The van der Waals surface area contributed by atoms with E-state index < -0.39 is 53.0 Å². The molecule has 7 nitrogen and oxygen atoms in total. The molecule has 1 aliphatic carbocycles. The van der Waals surface area contributed by atoms with Gasteiger partial charge in [0.15, 0.2) is 0 Å². The SMILES string of the molecule is CC(=O)N(C)[C@H]1CC[C@H](C(=O)N2C[C@@H](N(C)C(=O)N(C)c3cc(C(F)(F)F)cc(C(F)(F)F)c3)[C@H](c3ccc(F)cc3)C2)CC1. The molecule has 0 N–H and O–H groups in total. The van der Waals surface area contributed by atoms with Crippen LogP contribution in [-0.4, -0.2) is 78.9 Å². The lowest BCUT2D eigenvalue weighted by molar-refractivity contribution is -0.143. The van der Waals surface area contributed by atoms with Crippen molar-refractivity contribution in [1.29, 1.82) is 0 Å². The fourth-order valence-electron chi connectivity index (χ4n) is 6.24. The Morgan fingerprint density at radius 2 is 1.31 bits per heavy atom. The number of alkyl halides is 6. The van der Waals surface area contributed by atoms with Gasteiger partial charge in [-0.1, -0.05) is 12.1 Å². The summed E-state index contributed by atoms with van der Waals surface area (Å²) >= 11 is 0. The van der Waals surface area contributed by atoms with Crippen molar-refractivity contribution in [1.82, 2.24) is 14.7 Å². The van der Waals surface area contributed by atoms with E-state index in [2.05, 4.69) is 0 Å². The molecule has 2 atom stereocenters. The minimum Gasteiger partial charge on any atom is -0.343 e. The van der Waals surface area contributed by atoms with Gasteiger partial charge in [-0.25, -0.2) is 9.18 Å². The highest BCUT2D eigenvalue weighted by molar-refractivity contribution is 5.92. The van der Waals surface area contributed by atoms with Crippen molar-refractivity contribution in [2.45, 2.75) is 63.0 Å².